The van der Waals surface area contributed by atoms with Crippen molar-refractivity contribution in [1.82, 2.24) is 20.4 Å². The van der Waals surface area contributed by atoms with E-state index < -0.39 is 0 Å². The van der Waals surface area contributed by atoms with Gasteiger partial charge in [-0.2, -0.15) is 4.98 Å². The van der Waals surface area contributed by atoms with Crippen molar-refractivity contribution in [1.29, 1.82) is 0 Å². The highest BCUT2D eigenvalue weighted by Crippen LogP contribution is 2.25. The first-order chi connectivity index (χ1) is 14.2. The first-order valence-corrected chi connectivity index (χ1v) is 10.3. The lowest BCUT2D eigenvalue weighted by atomic mass is 10.1. The van der Waals surface area contributed by atoms with E-state index in [4.69, 9.17) is 4.52 Å². The number of carbonyl (C=O) groups is 1. The lowest BCUT2D eigenvalue weighted by Gasteiger charge is -2.02. The average molecular weight is 404 g/mol. The van der Waals surface area contributed by atoms with E-state index in [2.05, 4.69) is 32.6 Å². The molecule has 4 rings (SSSR count). The van der Waals surface area contributed by atoms with Crippen molar-refractivity contribution in [2.24, 2.45) is 0 Å². The molecule has 0 radical (unpaired) electrons. The van der Waals surface area contributed by atoms with Crippen molar-refractivity contribution >= 4 is 17.2 Å². The van der Waals surface area contributed by atoms with Crippen LogP contribution in [0.2, 0.25) is 0 Å². The summed E-state index contributed by atoms with van der Waals surface area (Å²) in [7, 11) is 0. The Balaban J connectivity index is 1.37. The number of hydrogen-bond donors (Lipinski definition) is 1. The molecule has 0 aliphatic carbocycles. The second kappa shape index (κ2) is 8.79. The van der Waals surface area contributed by atoms with E-state index in [9.17, 15) is 4.79 Å². The second-order valence-corrected chi connectivity index (χ2v) is 7.66. The molecule has 0 saturated carbocycles. The minimum atomic E-state index is -0.358. The normalized spacial score (nSPS) is 10.8. The lowest BCUT2D eigenvalue weighted by molar-refractivity contribution is 0.0909. The van der Waals surface area contributed by atoms with E-state index in [0.717, 1.165) is 34.7 Å². The third-order valence-corrected chi connectivity index (χ3v) is 5.20. The van der Waals surface area contributed by atoms with Crippen molar-refractivity contribution in [3.8, 4) is 22.6 Å². The zero-order valence-electron chi connectivity index (χ0n) is 16.0. The van der Waals surface area contributed by atoms with Crippen molar-refractivity contribution in [3.63, 3.8) is 0 Å². The zero-order chi connectivity index (χ0) is 20.1. The summed E-state index contributed by atoms with van der Waals surface area (Å²) in [4.78, 5) is 21.0. The van der Waals surface area contributed by atoms with Gasteiger partial charge in [-0.3, -0.25) is 4.79 Å². The van der Waals surface area contributed by atoms with E-state index in [1.807, 2.05) is 54.8 Å². The van der Waals surface area contributed by atoms with Gasteiger partial charge in [-0.05, 0) is 31.4 Å². The Morgan fingerprint density at radius 1 is 1.07 bits per heavy atom. The van der Waals surface area contributed by atoms with Crippen LogP contribution in [-0.4, -0.2) is 27.6 Å². The molecule has 0 bridgehead atoms. The van der Waals surface area contributed by atoms with Gasteiger partial charge in [0.15, 0.2) is 0 Å². The van der Waals surface area contributed by atoms with Crippen molar-refractivity contribution in [2.45, 2.75) is 19.8 Å². The Labute approximate surface area is 172 Å². The van der Waals surface area contributed by atoms with Crippen molar-refractivity contribution in [2.75, 3.05) is 6.54 Å². The molecule has 0 spiro atoms. The molecule has 0 saturated heterocycles. The number of nitrogens with zero attached hydrogens (tertiary/aromatic N) is 3. The largest absolute Gasteiger partial charge is 0.348 e. The van der Waals surface area contributed by atoms with Gasteiger partial charge in [0.05, 0.1) is 10.7 Å². The van der Waals surface area contributed by atoms with Gasteiger partial charge in [0.2, 0.25) is 5.82 Å². The first kappa shape index (κ1) is 19.0. The van der Waals surface area contributed by atoms with E-state index in [1.165, 1.54) is 5.56 Å². The van der Waals surface area contributed by atoms with Crippen LogP contribution in [0.15, 0.2) is 64.5 Å². The molecular weight excluding hydrogens is 384 g/mol. The summed E-state index contributed by atoms with van der Waals surface area (Å²) in [6, 6.07) is 17.9. The Morgan fingerprint density at radius 2 is 1.90 bits per heavy atom. The maximum absolute atomic E-state index is 12.3. The Bertz CT molecular complexity index is 1100. The number of hydrogen-bond acceptors (Lipinski definition) is 6. The van der Waals surface area contributed by atoms with Crippen LogP contribution in [0.4, 0.5) is 0 Å². The highest BCUT2D eigenvalue weighted by atomic mass is 32.1. The van der Waals surface area contributed by atoms with Crippen molar-refractivity contribution < 1.29 is 9.32 Å². The first-order valence-electron chi connectivity index (χ1n) is 9.38. The minimum absolute atomic E-state index is 0.0328. The fraction of sp³-hybridized carbons (Fsp3) is 0.182. The molecule has 2 heterocycles. The molecule has 2 aromatic carbocycles. The topological polar surface area (TPSA) is 80.9 Å². The molecule has 7 heteroatoms. The molecule has 6 nitrogen and oxygen atoms in total. The SMILES string of the molecule is Cc1nc(-c2cccc(-c3noc(C(=O)NCCCc4ccccc4)n3)c2)cs1. The van der Waals surface area contributed by atoms with Gasteiger partial charge >= 0.3 is 11.8 Å². The predicted molar refractivity (Wildman–Crippen MR) is 113 cm³/mol. The maximum Gasteiger partial charge on any atom is 0.316 e. The molecule has 0 unspecified atom stereocenters. The summed E-state index contributed by atoms with van der Waals surface area (Å²) in [5.41, 5.74) is 3.91. The summed E-state index contributed by atoms with van der Waals surface area (Å²) in [6.07, 6.45) is 1.74. The predicted octanol–water partition coefficient (Wildman–Crippen LogP) is 4.53. The van der Waals surface area contributed by atoms with E-state index >= 15 is 0 Å². The van der Waals surface area contributed by atoms with Crippen LogP contribution in [0, 0.1) is 6.92 Å². The highest BCUT2D eigenvalue weighted by molar-refractivity contribution is 7.09. The summed E-state index contributed by atoms with van der Waals surface area (Å²) in [5.74, 6) is -0.00838. The number of aromatic nitrogens is 3. The van der Waals surface area contributed by atoms with Crippen LogP contribution in [0.25, 0.3) is 22.6 Å². The second-order valence-electron chi connectivity index (χ2n) is 6.60. The van der Waals surface area contributed by atoms with E-state index in [-0.39, 0.29) is 11.8 Å². The van der Waals surface area contributed by atoms with Crippen LogP contribution in [-0.2, 0) is 6.42 Å². The Kier molecular flexibility index (Phi) is 5.76. The smallest absolute Gasteiger partial charge is 0.316 e. The molecule has 0 fully saturated rings. The molecule has 0 aliphatic rings. The highest BCUT2D eigenvalue weighted by Gasteiger charge is 2.16. The third-order valence-electron chi connectivity index (χ3n) is 4.43. The van der Waals surface area contributed by atoms with Gasteiger partial charge in [-0.1, -0.05) is 53.7 Å². The summed E-state index contributed by atoms with van der Waals surface area (Å²) < 4.78 is 5.16. The summed E-state index contributed by atoms with van der Waals surface area (Å²) >= 11 is 1.60. The van der Waals surface area contributed by atoms with Gasteiger partial charge in [-0.25, -0.2) is 4.98 Å². The molecule has 0 aliphatic heterocycles. The lowest BCUT2D eigenvalue weighted by Crippen LogP contribution is -2.25. The molecular formula is C22H20N4O2S. The Hall–Kier alpha value is -3.32. The maximum atomic E-state index is 12.3. The van der Waals surface area contributed by atoms with Gasteiger partial charge in [0, 0.05) is 23.1 Å². The molecule has 0 atom stereocenters. The van der Waals surface area contributed by atoms with Crippen molar-refractivity contribution in [3.05, 3.63) is 76.4 Å². The molecule has 4 aromatic rings. The summed E-state index contributed by atoms with van der Waals surface area (Å²) in [6.45, 7) is 2.52. The van der Waals surface area contributed by atoms with Gasteiger partial charge in [0.25, 0.3) is 0 Å². The Morgan fingerprint density at radius 3 is 2.69 bits per heavy atom. The number of rotatable bonds is 7. The van der Waals surface area contributed by atoms with Crippen LogP contribution >= 0.6 is 11.3 Å². The van der Waals surface area contributed by atoms with Gasteiger partial charge in [0.1, 0.15) is 0 Å². The number of benzene rings is 2. The van der Waals surface area contributed by atoms with E-state index in [1.54, 1.807) is 11.3 Å². The average Bonchev–Trinajstić information content (AvgIpc) is 3.42. The molecule has 1 N–H and O–H groups in total. The quantitative estimate of drug-likeness (QED) is 0.458. The monoisotopic (exact) mass is 404 g/mol. The molecule has 146 valence electrons. The number of aryl methyl sites for hydroxylation is 2. The summed E-state index contributed by atoms with van der Waals surface area (Å²) in [5, 5.41) is 9.81. The fourth-order valence-corrected chi connectivity index (χ4v) is 3.58. The number of nitrogens with one attached hydrogen (secondary N) is 1. The molecule has 1 amide bonds. The van der Waals surface area contributed by atoms with Gasteiger partial charge < -0.3 is 9.84 Å². The standard InChI is InChI=1S/C22H20N4O2S/c1-15-24-19(14-29-15)17-10-5-11-18(13-17)20-25-22(28-26-20)21(27)23-12-6-9-16-7-3-2-4-8-16/h2-5,7-8,10-11,13-14H,6,9,12H2,1H3,(H,23,27). The minimum Gasteiger partial charge on any atom is -0.348 e. The molecule has 2 aromatic heterocycles. The van der Waals surface area contributed by atoms with Crippen LogP contribution in [0.1, 0.15) is 27.7 Å². The third kappa shape index (κ3) is 4.75. The van der Waals surface area contributed by atoms with E-state index in [0.29, 0.717) is 12.4 Å². The fourth-order valence-electron chi connectivity index (χ4n) is 2.96. The van der Waals surface area contributed by atoms with Crippen LogP contribution in [0.3, 0.4) is 0 Å². The van der Waals surface area contributed by atoms with Gasteiger partial charge in [-0.15, -0.1) is 11.3 Å². The number of thiazole rings is 1. The van der Waals surface area contributed by atoms with Crippen LogP contribution < -0.4 is 5.32 Å². The zero-order valence-corrected chi connectivity index (χ0v) is 16.8. The van der Waals surface area contributed by atoms with Crippen LogP contribution in [0.5, 0.6) is 0 Å². The molecule has 29 heavy (non-hydrogen) atoms. The number of carbonyl (C=O) groups excluding carboxylic acids is 1. The number of amides is 1.